The fraction of sp³-hybridized carbons (Fsp3) is 0.467. The Hall–Kier alpha value is -1.71. The number of rotatable bonds is 6. The highest BCUT2D eigenvalue weighted by atomic mass is 35.5. The Kier molecular flexibility index (Phi) is 5.26. The second-order valence-electron chi connectivity index (χ2n) is 5.86. The van der Waals surface area contributed by atoms with Crippen molar-refractivity contribution in [1.29, 1.82) is 0 Å². The third-order valence-corrected chi connectivity index (χ3v) is 6.00. The van der Waals surface area contributed by atoms with Crippen LogP contribution in [0.5, 0.6) is 0 Å². The lowest BCUT2D eigenvalue weighted by Gasteiger charge is -2.09. The van der Waals surface area contributed by atoms with Crippen LogP contribution in [0.4, 0.5) is 4.39 Å². The van der Waals surface area contributed by atoms with Crippen molar-refractivity contribution in [3.8, 4) is 0 Å². The summed E-state index contributed by atoms with van der Waals surface area (Å²) in [4.78, 5) is 12.0. The minimum absolute atomic E-state index is 0.116. The fourth-order valence-corrected chi connectivity index (χ4v) is 4.40. The Morgan fingerprint density at radius 2 is 2.12 bits per heavy atom. The SMILES string of the molecule is O=c1n(CCCNS(=O)(=O)c2ccc(F)cc2Cl)nc2n1CCCC2. The number of halogens is 2. The molecule has 2 aromatic rings. The lowest BCUT2D eigenvalue weighted by molar-refractivity contribution is 0.508. The molecule has 25 heavy (non-hydrogen) atoms. The number of hydrogen-bond acceptors (Lipinski definition) is 4. The molecule has 0 saturated carbocycles. The standard InChI is InChI=1S/C15H18ClFN4O3S/c16-12-10-11(17)5-6-13(12)25(23,24)18-7-3-9-21-15(22)20-8-2-1-4-14(20)19-21/h5-6,10,18H,1-4,7-9H2. The van der Waals surface area contributed by atoms with E-state index in [0.717, 1.165) is 43.3 Å². The van der Waals surface area contributed by atoms with Gasteiger partial charge in [-0.25, -0.2) is 27.0 Å². The van der Waals surface area contributed by atoms with Crippen molar-refractivity contribution in [2.45, 2.75) is 43.7 Å². The molecule has 1 aliphatic rings. The van der Waals surface area contributed by atoms with Gasteiger partial charge in [0.1, 0.15) is 16.5 Å². The highest BCUT2D eigenvalue weighted by molar-refractivity contribution is 7.89. The van der Waals surface area contributed by atoms with Gasteiger partial charge in [-0.05, 0) is 37.5 Å². The van der Waals surface area contributed by atoms with Gasteiger partial charge < -0.3 is 0 Å². The minimum Gasteiger partial charge on any atom is -0.279 e. The van der Waals surface area contributed by atoms with E-state index in [0.29, 0.717) is 19.5 Å². The summed E-state index contributed by atoms with van der Waals surface area (Å²) in [6.45, 7) is 1.12. The number of nitrogens with zero attached hydrogens (tertiary/aromatic N) is 3. The summed E-state index contributed by atoms with van der Waals surface area (Å²) < 4.78 is 42.9. The quantitative estimate of drug-likeness (QED) is 0.760. The van der Waals surface area contributed by atoms with Crippen LogP contribution >= 0.6 is 11.6 Å². The van der Waals surface area contributed by atoms with Crippen molar-refractivity contribution in [1.82, 2.24) is 19.1 Å². The number of aromatic nitrogens is 3. The molecule has 1 aliphatic heterocycles. The normalized spacial score (nSPS) is 14.5. The molecule has 1 aromatic carbocycles. The van der Waals surface area contributed by atoms with Gasteiger partial charge in [0, 0.05) is 26.1 Å². The summed E-state index contributed by atoms with van der Waals surface area (Å²) in [7, 11) is -3.84. The molecule has 0 spiro atoms. The molecule has 10 heteroatoms. The second-order valence-corrected chi connectivity index (χ2v) is 8.00. The van der Waals surface area contributed by atoms with Gasteiger partial charge in [-0.15, -0.1) is 0 Å². The van der Waals surface area contributed by atoms with Gasteiger partial charge in [-0.1, -0.05) is 11.6 Å². The van der Waals surface area contributed by atoms with Crippen molar-refractivity contribution >= 4 is 21.6 Å². The molecule has 0 fully saturated rings. The number of aryl methyl sites for hydroxylation is 2. The molecule has 0 atom stereocenters. The number of fused-ring (bicyclic) bond motifs is 1. The second kappa shape index (κ2) is 7.27. The molecule has 7 nitrogen and oxygen atoms in total. The minimum atomic E-state index is -3.84. The lowest BCUT2D eigenvalue weighted by atomic mass is 10.2. The third kappa shape index (κ3) is 3.94. The smallest absolute Gasteiger partial charge is 0.279 e. The van der Waals surface area contributed by atoms with Crippen LogP contribution in [0.15, 0.2) is 27.9 Å². The largest absolute Gasteiger partial charge is 0.345 e. The average molecular weight is 389 g/mol. The van der Waals surface area contributed by atoms with Crippen LogP contribution in [0.2, 0.25) is 5.02 Å². The van der Waals surface area contributed by atoms with Crippen molar-refractivity contribution in [2.24, 2.45) is 0 Å². The van der Waals surface area contributed by atoms with E-state index in [2.05, 4.69) is 9.82 Å². The van der Waals surface area contributed by atoms with E-state index in [1.165, 1.54) is 4.68 Å². The van der Waals surface area contributed by atoms with E-state index in [-0.39, 0.29) is 22.2 Å². The molecule has 0 bridgehead atoms. The maximum absolute atomic E-state index is 13.0. The number of nitrogens with one attached hydrogen (secondary N) is 1. The van der Waals surface area contributed by atoms with Gasteiger partial charge in [0.15, 0.2) is 0 Å². The molecule has 136 valence electrons. The van der Waals surface area contributed by atoms with E-state index >= 15 is 0 Å². The average Bonchev–Trinajstić information content (AvgIpc) is 2.88. The van der Waals surface area contributed by atoms with Crippen LogP contribution in [0.25, 0.3) is 0 Å². The molecule has 3 rings (SSSR count). The zero-order chi connectivity index (χ0) is 18.0. The molecule has 0 unspecified atom stereocenters. The molecular formula is C15H18ClFN4O3S. The predicted molar refractivity (Wildman–Crippen MR) is 90.6 cm³/mol. The van der Waals surface area contributed by atoms with Crippen LogP contribution in [0.1, 0.15) is 25.1 Å². The Labute approximate surface area is 149 Å². The summed E-state index contributed by atoms with van der Waals surface area (Å²) in [6.07, 6.45) is 3.18. The Morgan fingerprint density at radius 3 is 2.84 bits per heavy atom. The Balaban J connectivity index is 1.60. The van der Waals surface area contributed by atoms with Crippen molar-refractivity contribution < 1.29 is 12.8 Å². The highest BCUT2D eigenvalue weighted by Crippen LogP contribution is 2.21. The Morgan fingerprint density at radius 1 is 1.32 bits per heavy atom. The highest BCUT2D eigenvalue weighted by Gasteiger charge is 2.19. The van der Waals surface area contributed by atoms with E-state index < -0.39 is 15.8 Å². The summed E-state index contributed by atoms with van der Waals surface area (Å²) in [5.74, 6) is 0.182. The number of sulfonamides is 1. The van der Waals surface area contributed by atoms with E-state index in [1.807, 2.05) is 0 Å². The first-order valence-corrected chi connectivity index (χ1v) is 9.86. The van der Waals surface area contributed by atoms with Crippen LogP contribution in [-0.2, 0) is 29.5 Å². The van der Waals surface area contributed by atoms with Crippen LogP contribution < -0.4 is 10.4 Å². The van der Waals surface area contributed by atoms with E-state index in [1.54, 1.807) is 4.57 Å². The van der Waals surface area contributed by atoms with Crippen molar-refractivity contribution in [3.05, 3.63) is 45.3 Å². The maximum Gasteiger partial charge on any atom is 0.345 e. The van der Waals surface area contributed by atoms with E-state index in [4.69, 9.17) is 11.6 Å². The van der Waals surface area contributed by atoms with Crippen molar-refractivity contribution in [2.75, 3.05) is 6.54 Å². The van der Waals surface area contributed by atoms with Crippen LogP contribution in [0.3, 0.4) is 0 Å². The molecule has 1 N–H and O–H groups in total. The molecule has 2 heterocycles. The first-order chi connectivity index (χ1) is 11.9. The lowest BCUT2D eigenvalue weighted by Crippen LogP contribution is -2.29. The van der Waals surface area contributed by atoms with Gasteiger partial charge in [-0.2, -0.15) is 5.10 Å². The zero-order valence-corrected chi connectivity index (χ0v) is 15.0. The fourth-order valence-electron chi connectivity index (χ4n) is 2.80. The van der Waals surface area contributed by atoms with E-state index in [9.17, 15) is 17.6 Å². The van der Waals surface area contributed by atoms with Crippen molar-refractivity contribution in [3.63, 3.8) is 0 Å². The summed E-state index contributed by atoms with van der Waals surface area (Å²) in [5.41, 5.74) is -0.154. The topological polar surface area (TPSA) is 86.0 Å². The van der Waals surface area contributed by atoms with Crippen LogP contribution in [-0.4, -0.2) is 29.3 Å². The monoisotopic (exact) mass is 388 g/mol. The third-order valence-electron chi connectivity index (χ3n) is 4.05. The molecule has 1 aromatic heterocycles. The number of benzene rings is 1. The summed E-state index contributed by atoms with van der Waals surface area (Å²) >= 11 is 5.78. The molecular weight excluding hydrogens is 371 g/mol. The first kappa shape index (κ1) is 18.1. The predicted octanol–water partition coefficient (Wildman–Crippen LogP) is 1.54. The molecule has 0 amide bonds. The van der Waals surface area contributed by atoms with Gasteiger partial charge in [0.2, 0.25) is 10.0 Å². The van der Waals surface area contributed by atoms with Gasteiger partial charge in [-0.3, -0.25) is 4.57 Å². The Bertz CT molecular complexity index is 939. The molecule has 0 saturated heterocycles. The zero-order valence-electron chi connectivity index (χ0n) is 13.4. The van der Waals surface area contributed by atoms with Gasteiger partial charge in [0.25, 0.3) is 0 Å². The van der Waals surface area contributed by atoms with Crippen LogP contribution in [0, 0.1) is 5.82 Å². The first-order valence-electron chi connectivity index (χ1n) is 8.00. The molecule has 0 aliphatic carbocycles. The van der Waals surface area contributed by atoms with Gasteiger partial charge >= 0.3 is 5.69 Å². The number of hydrogen-bond donors (Lipinski definition) is 1. The summed E-state index contributed by atoms with van der Waals surface area (Å²) in [5, 5.41) is 4.12. The molecule has 0 radical (unpaired) electrons. The summed E-state index contributed by atoms with van der Waals surface area (Å²) in [6, 6.07) is 3.11. The maximum atomic E-state index is 13.0. The van der Waals surface area contributed by atoms with Gasteiger partial charge in [0.05, 0.1) is 5.02 Å².